The molecular weight excluding hydrogens is 542 g/mol. The van der Waals surface area contributed by atoms with Crippen LogP contribution in [-0.4, -0.2) is 24.2 Å². The van der Waals surface area contributed by atoms with Crippen LogP contribution in [0.15, 0.2) is 89.0 Å². The molecule has 3 aromatic carbocycles. The van der Waals surface area contributed by atoms with Crippen LogP contribution < -0.4 is 9.86 Å². The molecule has 1 unspecified atom stereocenters. The van der Waals surface area contributed by atoms with E-state index in [1.165, 1.54) is 11.3 Å². The fourth-order valence-corrected chi connectivity index (χ4v) is 6.17. The minimum atomic E-state index is -2.55. The molecular formula is C31H29N3O4S2. The van der Waals surface area contributed by atoms with E-state index >= 15 is 0 Å². The van der Waals surface area contributed by atoms with Crippen LogP contribution in [0.2, 0.25) is 0 Å². The molecule has 0 radical (unpaired) electrons. The standard InChI is InChI=1S/C31H29N3O4S2/c1-3-4-10-28-32-26-16-11-21(2)19-25(26)31(36)33(28)20-22-12-14-23(15-13-22)29-27(17-18-39-29)34(40(37)38)30(35)24-8-6-5-7-9-24/h5-9,11-19H,3-4,10,20H2,1-2H3,(H,37,38). The molecule has 7 nitrogen and oxygen atoms in total. The van der Waals surface area contributed by atoms with Crippen molar-refractivity contribution in [1.82, 2.24) is 9.55 Å². The van der Waals surface area contributed by atoms with Crippen molar-refractivity contribution >= 4 is 45.1 Å². The lowest BCUT2D eigenvalue weighted by Crippen LogP contribution is -2.32. The predicted octanol–water partition coefficient (Wildman–Crippen LogP) is 6.61. The number of anilines is 1. The third-order valence-electron chi connectivity index (χ3n) is 6.72. The quantitative estimate of drug-likeness (QED) is 0.201. The Hall–Kier alpha value is -3.92. The Morgan fingerprint density at radius 1 is 1.05 bits per heavy atom. The van der Waals surface area contributed by atoms with Crippen LogP contribution in [0.25, 0.3) is 21.3 Å². The third kappa shape index (κ3) is 5.67. The lowest BCUT2D eigenvalue weighted by Gasteiger charge is -2.19. The first-order chi connectivity index (χ1) is 19.4. The van der Waals surface area contributed by atoms with Crippen LogP contribution in [0.1, 0.15) is 47.1 Å². The van der Waals surface area contributed by atoms with E-state index in [2.05, 4.69) is 6.92 Å². The fraction of sp³-hybridized carbons (Fsp3) is 0.194. The molecule has 0 saturated heterocycles. The summed E-state index contributed by atoms with van der Waals surface area (Å²) in [6.07, 6.45) is 2.66. The van der Waals surface area contributed by atoms with Gasteiger partial charge in [0.2, 0.25) is 0 Å². The maximum Gasteiger partial charge on any atom is 0.272 e. The predicted molar refractivity (Wildman–Crippen MR) is 162 cm³/mol. The monoisotopic (exact) mass is 571 g/mol. The van der Waals surface area contributed by atoms with Gasteiger partial charge in [0.25, 0.3) is 22.7 Å². The van der Waals surface area contributed by atoms with E-state index in [1.54, 1.807) is 46.3 Å². The lowest BCUT2D eigenvalue weighted by atomic mass is 10.1. The number of aryl methyl sites for hydroxylation is 2. The summed E-state index contributed by atoms with van der Waals surface area (Å²) in [6, 6.07) is 23.6. The summed E-state index contributed by atoms with van der Waals surface area (Å²) in [7, 11) is 0. The van der Waals surface area contributed by atoms with Gasteiger partial charge in [-0.2, -0.15) is 0 Å². The number of aromatic nitrogens is 2. The van der Waals surface area contributed by atoms with Gasteiger partial charge in [0, 0.05) is 12.0 Å². The largest absolute Gasteiger partial charge is 0.292 e. The summed E-state index contributed by atoms with van der Waals surface area (Å²) in [6.45, 7) is 4.46. The molecule has 0 aliphatic carbocycles. The summed E-state index contributed by atoms with van der Waals surface area (Å²) in [4.78, 5) is 32.2. The van der Waals surface area contributed by atoms with Crippen molar-refractivity contribution in [1.29, 1.82) is 0 Å². The summed E-state index contributed by atoms with van der Waals surface area (Å²) in [5, 5.41) is 2.40. The van der Waals surface area contributed by atoms with E-state index in [0.717, 1.165) is 51.6 Å². The first kappa shape index (κ1) is 27.6. The van der Waals surface area contributed by atoms with Gasteiger partial charge in [-0.25, -0.2) is 13.5 Å². The summed E-state index contributed by atoms with van der Waals surface area (Å²) in [5.74, 6) is 0.212. The highest BCUT2D eigenvalue weighted by molar-refractivity contribution is 7.81. The Bertz CT molecular complexity index is 1740. The van der Waals surface area contributed by atoms with Gasteiger partial charge in [-0.3, -0.25) is 18.7 Å². The number of carbonyl (C=O) groups is 1. The maximum absolute atomic E-state index is 13.5. The van der Waals surface area contributed by atoms with E-state index < -0.39 is 17.2 Å². The van der Waals surface area contributed by atoms with Crippen molar-refractivity contribution in [3.05, 3.63) is 117 Å². The number of amides is 1. The average molecular weight is 572 g/mol. The normalized spacial score (nSPS) is 12.0. The van der Waals surface area contributed by atoms with E-state index in [-0.39, 0.29) is 5.56 Å². The second-order valence-corrected chi connectivity index (χ2v) is 11.3. The molecule has 0 spiro atoms. The van der Waals surface area contributed by atoms with E-state index in [1.807, 2.05) is 49.4 Å². The minimum Gasteiger partial charge on any atom is -0.292 e. The molecule has 0 aliphatic heterocycles. The highest BCUT2D eigenvalue weighted by Gasteiger charge is 2.26. The molecule has 40 heavy (non-hydrogen) atoms. The highest BCUT2D eigenvalue weighted by atomic mass is 32.2. The zero-order valence-electron chi connectivity index (χ0n) is 22.2. The molecule has 1 N–H and O–H groups in total. The van der Waals surface area contributed by atoms with Gasteiger partial charge in [-0.1, -0.05) is 67.4 Å². The first-order valence-corrected chi connectivity index (χ1v) is 15.0. The molecule has 2 aromatic heterocycles. The second kappa shape index (κ2) is 12.1. The molecule has 0 aliphatic rings. The van der Waals surface area contributed by atoms with Crippen molar-refractivity contribution in [2.24, 2.45) is 0 Å². The van der Waals surface area contributed by atoms with E-state index in [4.69, 9.17) is 4.98 Å². The number of benzene rings is 3. The topological polar surface area (TPSA) is 92.5 Å². The second-order valence-electron chi connectivity index (χ2n) is 9.57. The van der Waals surface area contributed by atoms with Crippen LogP contribution in [-0.2, 0) is 24.2 Å². The van der Waals surface area contributed by atoms with Gasteiger partial charge in [0.1, 0.15) is 5.82 Å². The molecule has 9 heteroatoms. The molecule has 5 rings (SSSR count). The third-order valence-corrected chi connectivity index (χ3v) is 8.35. The summed E-state index contributed by atoms with van der Waals surface area (Å²) < 4.78 is 25.0. The Balaban J connectivity index is 1.47. The number of nitrogens with zero attached hydrogens (tertiary/aromatic N) is 3. The number of rotatable bonds is 9. The molecule has 1 atom stereocenters. The minimum absolute atomic E-state index is 0.0510. The maximum atomic E-state index is 13.5. The van der Waals surface area contributed by atoms with Crippen LogP contribution in [0.5, 0.6) is 0 Å². The van der Waals surface area contributed by atoms with E-state index in [9.17, 15) is 18.4 Å². The molecule has 0 saturated carbocycles. The Morgan fingerprint density at radius 2 is 1.80 bits per heavy atom. The summed E-state index contributed by atoms with van der Waals surface area (Å²) >= 11 is -1.17. The molecule has 0 bridgehead atoms. The summed E-state index contributed by atoms with van der Waals surface area (Å²) in [5.41, 5.74) is 4.09. The average Bonchev–Trinajstić information content (AvgIpc) is 3.44. The number of fused-ring (bicyclic) bond motifs is 1. The van der Waals surface area contributed by atoms with Gasteiger partial charge in [-0.05, 0) is 60.2 Å². The Kier molecular flexibility index (Phi) is 8.35. The fourth-order valence-electron chi connectivity index (χ4n) is 4.65. The van der Waals surface area contributed by atoms with Crippen LogP contribution in [0.3, 0.4) is 0 Å². The van der Waals surface area contributed by atoms with Gasteiger partial charge >= 0.3 is 0 Å². The van der Waals surface area contributed by atoms with E-state index in [0.29, 0.717) is 28.1 Å². The molecule has 1 amide bonds. The number of carbonyl (C=O) groups excluding carboxylic acids is 1. The van der Waals surface area contributed by atoms with Gasteiger partial charge in [-0.15, -0.1) is 11.3 Å². The zero-order chi connectivity index (χ0) is 28.2. The number of unbranched alkanes of at least 4 members (excludes halogenated alkanes) is 1. The SMILES string of the molecule is CCCCc1nc2ccc(C)cc2c(=O)n1Cc1ccc(-c2sccc2N(C(=O)c2ccccc2)S(=O)O)cc1. The highest BCUT2D eigenvalue weighted by Crippen LogP contribution is 2.37. The first-order valence-electron chi connectivity index (χ1n) is 13.0. The van der Waals surface area contributed by atoms with Gasteiger partial charge < -0.3 is 0 Å². The molecule has 0 fully saturated rings. The van der Waals surface area contributed by atoms with Crippen LogP contribution in [0.4, 0.5) is 5.69 Å². The van der Waals surface area contributed by atoms with Crippen molar-refractivity contribution in [2.75, 3.05) is 4.31 Å². The van der Waals surface area contributed by atoms with Crippen molar-refractivity contribution in [3.63, 3.8) is 0 Å². The number of thiophene rings is 1. The van der Waals surface area contributed by atoms with Crippen LogP contribution in [0, 0.1) is 6.92 Å². The van der Waals surface area contributed by atoms with Crippen molar-refractivity contribution in [3.8, 4) is 10.4 Å². The number of hydrogen-bond donors (Lipinski definition) is 1. The Morgan fingerprint density at radius 3 is 2.50 bits per heavy atom. The zero-order valence-corrected chi connectivity index (χ0v) is 23.9. The lowest BCUT2D eigenvalue weighted by molar-refractivity contribution is 0.100. The smallest absolute Gasteiger partial charge is 0.272 e. The molecule has 204 valence electrons. The van der Waals surface area contributed by atoms with Gasteiger partial charge in [0.05, 0.1) is 28.0 Å². The van der Waals surface area contributed by atoms with Crippen molar-refractivity contribution < 1.29 is 13.6 Å². The molecule has 2 heterocycles. The van der Waals surface area contributed by atoms with Crippen LogP contribution >= 0.6 is 11.3 Å². The van der Waals surface area contributed by atoms with Gasteiger partial charge in [0.15, 0.2) is 0 Å². The molecule has 5 aromatic rings. The van der Waals surface area contributed by atoms with Crippen molar-refractivity contribution in [2.45, 2.75) is 39.7 Å². The number of hydrogen-bond acceptors (Lipinski definition) is 5. The Labute approximate surface area is 239 Å².